The van der Waals surface area contributed by atoms with Crippen molar-refractivity contribution >= 4 is 11.4 Å². The van der Waals surface area contributed by atoms with E-state index in [1.807, 2.05) is 18.3 Å². The molecule has 0 aliphatic carbocycles. The first-order valence-electron chi connectivity index (χ1n) is 7.68. The topological polar surface area (TPSA) is 38.4 Å². The van der Waals surface area contributed by atoms with Gasteiger partial charge in [0.05, 0.1) is 5.84 Å². The van der Waals surface area contributed by atoms with Crippen molar-refractivity contribution in [1.29, 1.82) is 0 Å². The van der Waals surface area contributed by atoms with Crippen LogP contribution in [0.15, 0.2) is 52.7 Å². The van der Waals surface area contributed by atoms with Crippen LogP contribution in [-0.4, -0.2) is 5.84 Å². The smallest absolute Gasteiger partial charge is 0.126 e. The van der Waals surface area contributed by atoms with Gasteiger partial charge in [-0.3, -0.25) is 0 Å². The summed E-state index contributed by atoms with van der Waals surface area (Å²) in [7, 11) is 0. The van der Waals surface area contributed by atoms with Crippen LogP contribution in [0.1, 0.15) is 44.2 Å². The van der Waals surface area contributed by atoms with Crippen LogP contribution in [0.4, 0.5) is 4.39 Å². The lowest BCUT2D eigenvalue weighted by molar-refractivity contribution is 0.618. The van der Waals surface area contributed by atoms with Crippen molar-refractivity contribution in [3.05, 3.63) is 64.6 Å². The van der Waals surface area contributed by atoms with E-state index in [2.05, 4.69) is 31.0 Å². The van der Waals surface area contributed by atoms with E-state index in [-0.39, 0.29) is 5.82 Å². The van der Waals surface area contributed by atoms with Gasteiger partial charge in [-0.25, -0.2) is 9.38 Å². The maximum absolute atomic E-state index is 13.5. The zero-order chi connectivity index (χ0) is 16.1. The summed E-state index contributed by atoms with van der Waals surface area (Å²) in [6, 6.07) is 5.25. The molecule has 0 saturated heterocycles. The number of aryl methyl sites for hydroxylation is 1. The Labute approximate surface area is 132 Å². The summed E-state index contributed by atoms with van der Waals surface area (Å²) in [4.78, 5) is 4.25. The van der Waals surface area contributed by atoms with Crippen LogP contribution in [0.2, 0.25) is 0 Å². The van der Waals surface area contributed by atoms with Gasteiger partial charge in [0, 0.05) is 12.6 Å². The summed E-state index contributed by atoms with van der Waals surface area (Å²) in [6.45, 7) is 5.97. The van der Waals surface area contributed by atoms with Gasteiger partial charge in [0.15, 0.2) is 0 Å². The Balaban J connectivity index is 2.50. The Kier molecular flexibility index (Phi) is 5.31. The third-order valence-corrected chi connectivity index (χ3v) is 3.90. The second-order valence-corrected chi connectivity index (χ2v) is 5.59. The maximum Gasteiger partial charge on any atom is 0.126 e. The highest BCUT2D eigenvalue weighted by Crippen LogP contribution is 2.29. The molecule has 1 heterocycles. The number of rotatable bonds is 4. The Morgan fingerprint density at radius 2 is 2.14 bits per heavy atom. The molecule has 0 bridgehead atoms. The SMILES string of the molecule is CC/C=C\C(C1=CN=C(N)CC1)=C(/C)c1ccc(F)c(C)c1. The number of amidine groups is 1. The molecule has 1 aromatic rings. The van der Waals surface area contributed by atoms with Crippen molar-refractivity contribution in [1.82, 2.24) is 0 Å². The molecule has 2 N–H and O–H groups in total. The second kappa shape index (κ2) is 7.21. The number of halogens is 1. The normalized spacial score (nSPS) is 16.4. The van der Waals surface area contributed by atoms with Gasteiger partial charge in [-0.1, -0.05) is 25.1 Å². The molecule has 0 spiro atoms. The fourth-order valence-corrected chi connectivity index (χ4v) is 2.50. The minimum absolute atomic E-state index is 0.170. The van der Waals surface area contributed by atoms with Crippen LogP contribution in [0.3, 0.4) is 0 Å². The number of aliphatic imine (C=N–C) groups is 1. The lowest BCUT2D eigenvalue weighted by atomic mass is 9.91. The molecule has 1 aromatic carbocycles. The van der Waals surface area contributed by atoms with E-state index in [1.54, 1.807) is 6.92 Å². The molecule has 0 saturated carbocycles. The minimum atomic E-state index is -0.170. The minimum Gasteiger partial charge on any atom is -0.387 e. The van der Waals surface area contributed by atoms with Crippen LogP contribution >= 0.6 is 0 Å². The van der Waals surface area contributed by atoms with E-state index in [1.165, 1.54) is 11.6 Å². The molecular formula is C19H23FN2. The summed E-state index contributed by atoms with van der Waals surface area (Å²) in [6.07, 6.45) is 8.77. The highest BCUT2D eigenvalue weighted by molar-refractivity contribution is 5.83. The zero-order valence-electron chi connectivity index (χ0n) is 13.5. The summed E-state index contributed by atoms with van der Waals surface area (Å²) in [5.74, 6) is 0.509. The van der Waals surface area contributed by atoms with Gasteiger partial charge in [-0.05, 0) is 66.7 Å². The average Bonchev–Trinajstić information content (AvgIpc) is 2.51. The van der Waals surface area contributed by atoms with E-state index in [0.29, 0.717) is 11.4 Å². The van der Waals surface area contributed by atoms with Crippen LogP contribution in [0, 0.1) is 12.7 Å². The molecule has 2 rings (SSSR count). The van der Waals surface area contributed by atoms with Crippen molar-refractivity contribution in [3.8, 4) is 0 Å². The third-order valence-electron chi connectivity index (χ3n) is 3.90. The molecule has 3 heteroatoms. The average molecular weight is 298 g/mol. The van der Waals surface area contributed by atoms with Gasteiger partial charge in [0.1, 0.15) is 5.82 Å². The first-order valence-corrected chi connectivity index (χ1v) is 7.68. The van der Waals surface area contributed by atoms with E-state index >= 15 is 0 Å². The quantitative estimate of drug-likeness (QED) is 0.788. The third kappa shape index (κ3) is 3.73. The predicted octanol–water partition coefficient (Wildman–Crippen LogP) is 4.91. The monoisotopic (exact) mass is 298 g/mol. The van der Waals surface area contributed by atoms with E-state index in [9.17, 15) is 4.39 Å². The van der Waals surface area contributed by atoms with Gasteiger partial charge in [0.25, 0.3) is 0 Å². The molecule has 2 nitrogen and oxygen atoms in total. The van der Waals surface area contributed by atoms with Crippen molar-refractivity contribution in [2.45, 2.75) is 40.0 Å². The Morgan fingerprint density at radius 1 is 1.36 bits per heavy atom. The van der Waals surface area contributed by atoms with E-state index in [0.717, 1.165) is 36.0 Å². The Hall–Kier alpha value is -2.16. The van der Waals surface area contributed by atoms with Crippen LogP contribution in [-0.2, 0) is 0 Å². The van der Waals surface area contributed by atoms with Gasteiger partial charge in [0.2, 0.25) is 0 Å². The lowest BCUT2D eigenvalue weighted by Gasteiger charge is -2.16. The Morgan fingerprint density at radius 3 is 2.73 bits per heavy atom. The van der Waals surface area contributed by atoms with Gasteiger partial charge >= 0.3 is 0 Å². The van der Waals surface area contributed by atoms with Crippen LogP contribution in [0.5, 0.6) is 0 Å². The standard InChI is InChI=1S/C19H23FN2/c1-4-5-6-17(16-8-10-19(21)22-12-16)14(3)15-7-9-18(20)13(2)11-15/h5-7,9,11-12H,4,8,10H2,1-3H3,(H2,21,22)/b6-5-,17-14-. The first kappa shape index (κ1) is 16.2. The molecule has 0 atom stereocenters. The molecule has 1 aliphatic heterocycles. The number of benzene rings is 1. The summed E-state index contributed by atoms with van der Waals surface area (Å²) >= 11 is 0. The summed E-state index contributed by atoms with van der Waals surface area (Å²) in [5, 5.41) is 0. The fraction of sp³-hybridized carbons (Fsp3) is 0.316. The zero-order valence-corrected chi connectivity index (χ0v) is 13.5. The number of nitrogens with zero attached hydrogens (tertiary/aromatic N) is 1. The van der Waals surface area contributed by atoms with Gasteiger partial charge < -0.3 is 5.73 Å². The van der Waals surface area contributed by atoms with Crippen molar-refractivity contribution in [3.63, 3.8) is 0 Å². The molecule has 0 unspecified atom stereocenters. The lowest BCUT2D eigenvalue weighted by Crippen LogP contribution is -2.14. The molecule has 0 amide bonds. The van der Waals surface area contributed by atoms with Crippen LogP contribution < -0.4 is 5.73 Å². The highest BCUT2D eigenvalue weighted by Gasteiger charge is 2.12. The highest BCUT2D eigenvalue weighted by atomic mass is 19.1. The summed E-state index contributed by atoms with van der Waals surface area (Å²) in [5.41, 5.74) is 10.9. The number of hydrogen-bond donors (Lipinski definition) is 1. The molecule has 116 valence electrons. The molecule has 22 heavy (non-hydrogen) atoms. The molecule has 0 aromatic heterocycles. The van der Waals surface area contributed by atoms with Gasteiger partial charge in [-0.2, -0.15) is 0 Å². The summed E-state index contributed by atoms with van der Waals surface area (Å²) < 4.78 is 13.5. The maximum atomic E-state index is 13.5. The van der Waals surface area contributed by atoms with E-state index < -0.39 is 0 Å². The fourth-order valence-electron chi connectivity index (χ4n) is 2.50. The molecular weight excluding hydrogens is 275 g/mol. The van der Waals surface area contributed by atoms with Crippen molar-refractivity contribution in [2.75, 3.05) is 0 Å². The first-order chi connectivity index (χ1) is 10.5. The van der Waals surface area contributed by atoms with Crippen LogP contribution in [0.25, 0.3) is 5.57 Å². The predicted molar refractivity (Wildman–Crippen MR) is 92.1 cm³/mol. The van der Waals surface area contributed by atoms with E-state index in [4.69, 9.17) is 5.73 Å². The van der Waals surface area contributed by atoms with Crippen molar-refractivity contribution < 1.29 is 4.39 Å². The van der Waals surface area contributed by atoms with Gasteiger partial charge in [-0.15, -0.1) is 0 Å². The Bertz CT molecular complexity index is 679. The molecule has 0 radical (unpaired) electrons. The molecule has 1 aliphatic rings. The molecule has 0 fully saturated rings. The second-order valence-electron chi connectivity index (χ2n) is 5.59. The number of hydrogen-bond acceptors (Lipinski definition) is 2. The number of nitrogens with two attached hydrogens (primary N) is 1. The largest absolute Gasteiger partial charge is 0.387 e. The van der Waals surface area contributed by atoms with Crippen molar-refractivity contribution in [2.24, 2.45) is 10.7 Å². The number of allylic oxidation sites excluding steroid dienone is 5.